The van der Waals surface area contributed by atoms with Crippen molar-refractivity contribution in [2.24, 2.45) is 5.84 Å². The minimum Gasteiger partial charge on any atom is -0.309 e. The minimum atomic E-state index is -0.398. The monoisotopic (exact) mass is 544 g/mol. The van der Waals surface area contributed by atoms with Gasteiger partial charge in [-0.3, -0.25) is 10.2 Å². The Kier molecular flexibility index (Phi) is 10.4. The number of hydrazine groups is 1. The minimum absolute atomic E-state index is 0.398. The van der Waals surface area contributed by atoms with Crippen molar-refractivity contribution in [3.05, 3.63) is 119 Å². The number of nitrogens with two attached hydrogens (primary N) is 1. The number of hydrogen-bond donors (Lipinski definition) is 2. The molecule has 0 aliphatic carbocycles. The summed E-state index contributed by atoms with van der Waals surface area (Å²) < 4.78 is 4.20. The van der Waals surface area contributed by atoms with Crippen LogP contribution in [0.1, 0.15) is 90.0 Å². The summed E-state index contributed by atoms with van der Waals surface area (Å²) in [5, 5.41) is 0. The van der Waals surface area contributed by atoms with Gasteiger partial charge in [-0.25, -0.2) is 5.84 Å². The molecule has 0 spiro atoms. The highest BCUT2D eigenvalue weighted by atomic mass is 16.2. The van der Waals surface area contributed by atoms with E-state index in [-0.39, 0.29) is 0 Å². The fourth-order valence-corrected chi connectivity index (χ4v) is 5.21. The van der Waals surface area contributed by atoms with E-state index in [0.29, 0.717) is 5.56 Å². The fraction of sp³-hybridized carbons (Fsp3) is 0.139. The summed E-state index contributed by atoms with van der Waals surface area (Å²) in [5.74, 6) is 5.23. The molecule has 0 saturated carbocycles. The predicted molar refractivity (Wildman–Crippen MR) is 181 cm³/mol. The molecule has 3 N–H and O–H groups in total. The van der Waals surface area contributed by atoms with Crippen molar-refractivity contribution in [2.75, 3.05) is 0 Å². The fourth-order valence-electron chi connectivity index (χ4n) is 5.21. The highest BCUT2D eigenvalue weighted by molar-refractivity contribution is 5.95. The van der Waals surface area contributed by atoms with Crippen LogP contribution >= 0.6 is 0 Å². The molecule has 5 nitrogen and oxygen atoms in total. The Morgan fingerprint density at radius 3 is 1.27 bits per heavy atom. The number of allylic oxidation sites excluding steroid dienone is 5. The second-order valence-electron chi connectivity index (χ2n) is 9.19. The van der Waals surface area contributed by atoms with Crippen molar-refractivity contribution in [2.45, 2.75) is 34.6 Å². The van der Waals surface area contributed by atoms with E-state index in [4.69, 9.17) is 5.84 Å². The van der Waals surface area contributed by atoms with Gasteiger partial charge in [0, 0.05) is 39.2 Å². The second-order valence-corrected chi connectivity index (χ2v) is 9.19. The molecular weight excluding hydrogens is 504 g/mol. The smallest absolute Gasteiger partial charge is 0.265 e. The molecule has 0 saturated heterocycles. The van der Waals surface area contributed by atoms with Crippen molar-refractivity contribution in [3.63, 3.8) is 0 Å². The van der Waals surface area contributed by atoms with E-state index < -0.39 is 5.91 Å². The third kappa shape index (κ3) is 5.72. The number of carbonyl (C=O) groups is 1. The molecule has 1 amide bonds. The lowest BCUT2D eigenvalue weighted by atomic mass is 10.1. The molecule has 0 fully saturated rings. The van der Waals surface area contributed by atoms with Crippen molar-refractivity contribution in [1.29, 1.82) is 0 Å². The summed E-state index contributed by atoms with van der Waals surface area (Å²) in [7, 11) is 0. The lowest BCUT2D eigenvalue weighted by Crippen LogP contribution is -2.30. The van der Waals surface area contributed by atoms with Gasteiger partial charge < -0.3 is 9.13 Å². The first kappa shape index (κ1) is 30.7. The molecule has 2 aromatic heterocycles. The van der Waals surface area contributed by atoms with E-state index in [9.17, 15) is 4.79 Å². The van der Waals surface area contributed by atoms with Gasteiger partial charge >= 0.3 is 0 Å². The van der Waals surface area contributed by atoms with E-state index in [1.54, 1.807) is 0 Å². The van der Waals surface area contributed by atoms with E-state index in [1.807, 2.05) is 95.4 Å². The van der Waals surface area contributed by atoms with Crippen molar-refractivity contribution in [3.8, 4) is 11.4 Å². The van der Waals surface area contributed by atoms with E-state index in [0.717, 1.165) is 56.4 Å². The van der Waals surface area contributed by atoms with Crippen LogP contribution in [0.5, 0.6) is 0 Å². The number of amides is 1. The lowest BCUT2D eigenvalue weighted by Gasteiger charge is -2.17. The molecule has 2 heterocycles. The number of benzene rings is 1. The maximum Gasteiger partial charge on any atom is 0.265 e. The van der Waals surface area contributed by atoms with Gasteiger partial charge in [0.2, 0.25) is 0 Å². The number of nitrogens with zero attached hydrogens (tertiary/aromatic N) is 2. The number of rotatable bonds is 11. The molecular formula is C36H40N4O. The summed E-state index contributed by atoms with van der Waals surface area (Å²) in [5.41, 5.74) is 12.0. The Morgan fingerprint density at radius 2 is 0.951 bits per heavy atom. The number of carbonyl (C=O) groups excluding carboxylic acids is 1. The van der Waals surface area contributed by atoms with Crippen LogP contribution in [0.3, 0.4) is 0 Å². The molecule has 210 valence electrons. The highest BCUT2D eigenvalue weighted by Crippen LogP contribution is 2.35. The highest BCUT2D eigenvalue weighted by Gasteiger charge is 2.22. The van der Waals surface area contributed by atoms with E-state index >= 15 is 0 Å². The second kappa shape index (κ2) is 14.0. The maximum atomic E-state index is 13.0. The molecule has 0 radical (unpaired) electrons. The quantitative estimate of drug-likeness (QED) is 0.144. The summed E-state index contributed by atoms with van der Waals surface area (Å²) in [6.45, 7) is 22.4. The number of hydrogen-bond acceptors (Lipinski definition) is 2. The van der Waals surface area contributed by atoms with Gasteiger partial charge in [-0.05, 0) is 77.1 Å². The third-order valence-corrected chi connectivity index (χ3v) is 6.70. The van der Waals surface area contributed by atoms with Crippen LogP contribution in [0.4, 0.5) is 0 Å². The topological polar surface area (TPSA) is 65.0 Å². The summed E-state index contributed by atoms with van der Waals surface area (Å²) in [6.07, 6.45) is 25.9. The van der Waals surface area contributed by atoms with Gasteiger partial charge in [-0.15, -0.1) is 0 Å². The summed E-state index contributed by atoms with van der Waals surface area (Å²) in [6, 6.07) is 5.73. The first-order chi connectivity index (χ1) is 19.9. The van der Waals surface area contributed by atoms with Crippen LogP contribution < -0.4 is 11.3 Å². The predicted octanol–water partition coefficient (Wildman–Crippen LogP) is 8.97. The standard InChI is InChI=1S/C36H40N4O/c1-9-17-28-29(18-10-2)33(15-7)39(32(28)14-6)26-22-25(36(41)38-37)23-27(24-26)40-34(16-8)30(19-11-3)31(20-12-4)35(40)21-13-5/h9-24H,6-8,37H2,1-5H3,(H,38,41)/b17-9-,18-10-,19-11-,20-12-,21-13-. The molecule has 0 aliphatic rings. The van der Waals surface area contributed by atoms with Gasteiger partial charge in [0.05, 0.1) is 22.8 Å². The third-order valence-electron chi connectivity index (χ3n) is 6.70. The molecule has 0 unspecified atom stereocenters. The Labute approximate surface area is 244 Å². The summed E-state index contributed by atoms with van der Waals surface area (Å²) >= 11 is 0. The zero-order valence-corrected chi connectivity index (χ0v) is 24.7. The first-order valence-electron chi connectivity index (χ1n) is 13.7. The van der Waals surface area contributed by atoms with Crippen molar-refractivity contribution < 1.29 is 4.79 Å². The Hall–Kier alpha value is -4.87. The van der Waals surface area contributed by atoms with Crippen LogP contribution in [-0.4, -0.2) is 15.0 Å². The zero-order chi connectivity index (χ0) is 30.1. The molecule has 1 aromatic carbocycles. The lowest BCUT2D eigenvalue weighted by molar-refractivity contribution is 0.0953. The molecule has 0 aliphatic heterocycles. The molecule has 3 aromatic rings. The van der Waals surface area contributed by atoms with Crippen LogP contribution in [-0.2, 0) is 0 Å². The Morgan fingerprint density at radius 1 is 0.610 bits per heavy atom. The normalized spacial score (nSPS) is 12.0. The molecule has 41 heavy (non-hydrogen) atoms. The van der Waals surface area contributed by atoms with Gasteiger partial charge in [0.25, 0.3) is 5.91 Å². The largest absolute Gasteiger partial charge is 0.309 e. The van der Waals surface area contributed by atoms with Gasteiger partial charge in [-0.1, -0.05) is 74.4 Å². The molecule has 3 rings (SSSR count). The maximum absolute atomic E-state index is 13.0. The van der Waals surface area contributed by atoms with E-state index in [2.05, 4.69) is 70.7 Å². The van der Waals surface area contributed by atoms with Crippen molar-refractivity contribution >= 4 is 54.5 Å². The summed E-state index contributed by atoms with van der Waals surface area (Å²) in [4.78, 5) is 13.0. The first-order valence-corrected chi connectivity index (χ1v) is 13.7. The zero-order valence-electron chi connectivity index (χ0n) is 24.7. The molecule has 0 atom stereocenters. The van der Waals surface area contributed by atoms with Gasteiger partial charge in [0.15, 0.2) is 0 Å². The van der Waals surface area contributed by atoms with Crippen LogP contribution in [0.2, 0.25) is 0 Å². The average Bonchev–Trinajstić information content (AvgIpc) is 3.44. The average molecular weight is 545 g/mol. The van der Waals surface area contributed by atoms with E-state index in [1.165, 1.54) is 0 Å². The van der Waals surface area contributed by atoms with Crippen molar-refractivity contribution in [1.82, 2.24) is 14.6 Å². The Balaban J connectivity index is 2.61. The SMILES string of the molecule is C=Cc1c(/C=C\C)c(/C=C\C)c(C=C)n1-c1cc(C(=O)NN)cc(-n2c(C=C)c(/C=C\C)c(/C=C\C)c2/C=C\C)c1. The van der Waals surface area contributed by atoms with Crippen LogP contribution in [0.25, 0.3) is 60.0 Å². The number of aromatic nitrogens is 2. The Bertz CT molecular complexity index is 1590. The number of nitrogens with one attached hydrogen (secondary N) is 1. The van der Waals surface area contributed by atoms with Gasteiger partial charge in [-0.2, -0.15) is 0 Å². The van der Waals surface area contributed by atoms with Crippen LogP contribution in [0, 0.1) is 0 Å². The molecule has 5 heteroatoms. The molecule has 0 bridgehead atoms. The number of nitrogen functional groups attached to an aromatic ring is 1. The van der Waals surface area contributed by atoms with Gasteiger partial charge in [0.1, 0.15) is 0 Å². The van der Waals surface area contributed by atoms with Crippen LogP contribution in [0.15, 0.2) is 68.3 Å².